The summed E-state index contributed by atoms with van der Waals surface area (Å²) in [7, 11) is 0. The number of amides is 2. The number of hydrogen-bond acceptors (Lipinski definition) is 5. The van der Waals surface area contributed by atoms with Crippen molar-refractivity contribution in [2.45, 2.75) is 13.8 Å². The van der Waals surface area contributed by atoms with Crippen LogP contribution in [0.5, 0.6) is 0 Å². The maximum Gasteiger partial charge on any atom is 0.274 e. The highest BCUT2D eigenvalue weighted by atomic mass is 32.1. The maximum atomic E-state index is 12.1. The Morgan fingerprint density at radius 3 is 2.67 bits per heavy atom. The Hall–Kier alpha value is -2.80. The summed E-state index contributed by atoms with van der Waals surface area (Å²) in [6, 6.07) is 10.6. The van der Waals surface area contributed by atoms with E-state index in [1.807, 2.05) is 19.9 Å². The molecule has 0 saturated carbocycles. The van der Waals surface area contributed by atoms with Crippen LogP contribution in [0.2, 0.25) is 0 Å². The molecule has 0 aliphatic heterocycles. The van der Waals surface area contributed by atoms with E-state index < -0.39 is 0 Å². The molecule has 2 heterocycles. The van der Waals surface area contributed by atoms with Gasteiger partial charge in [-0.2, -0.15) is 0 Å². The van der Waals surface area contributed by atoms with Gasteiger partial charge in [-0.1, -0.05) is 31.3 Å². The predicted molar refractivity (Wildman–Crippen MR) is 95.3 cm³/mol. The highest BCUT2D eigenvalue weighted by Crippen LogP contribution is 2.28. The molecule has 0 unspecified atom stereocenters. The van der Waals surface area contributed by atoms with Crippen LogP contribution in [0.25, 0.3) is 10.2 Å². The Morgan fingerprint density at radius 1 is 1.12 bits per heavy atom. The van der Waals surface area contributed by atoms with Crippen LogP contribution in [0.3, 0.4) is 0 Å². The van der Waals surface area contributed by atoms with Gasteiger partial charge in [0.25, 0.3) is 5.91 Å². The zero-order valence-corrected chi connectivity index (χ0v) is 14.1. The largest absolute Gasteiger partial charge is 0.321 e. The van der Waals surface area contributed by atoms with E-state index in [-0.39, 0.29) is 17.7 Å². The maximum absolute atomic E-state index is 12.1. The van der Waals surface area contributed by atoms with Gasteiger partial charge in [0.1, 0.15) is 5.69 Å². The third-order valence-corrected chi connectivity index (χ3v) is 4.25. The molecule has 1 aromatic carbocycles. The van der Waals surface area contributed by atoms with E-state index in [1.165, 1.54) is 11.3 Å². The fraction of sp³-hybridized carbons (Fsp3) is 0.176. The van der Waals surface area contributed by atoms with Crippen molar-refractivity contribution in [3.8, 4) is 0 Å². The number of hydrogen-bond donors (Lipinski definition) is 2. The second-order valence-electron chi connectivity index (χ2n) is 5.51. The highest BCUT2D eigenvalue weighted by Gasteiger charge is 2.12. The zero-order valence-electron chi connectivity index (χ0n) is 13.2. The minimum absolute atomic E-state index is 0.0715. The molecule has 2 amide bonds. The van der Waals surface area contributed by atoms with Crippen molar-refractivity contribution in [3.63, 3.8) is 0 Å². The van der Waals surface area contributed by atoms with Gasteiger partial charge in [-0.05, 0) is 30.3 Å². The average molecular weight is 340 g/mol. The lowest BCUT2D eigenvalue weighted by Crippen LogP contribution is -2.17. The van der Waals surface area contributed by atoms with Gasteiger partial charge in [0, 0.05) is 17.8 Å². The Labute approximate surface area is 142 Å². The Balaban J connectivity index is 1.78. The molecule has 24 heavy (non-hydrogen) atoms. The first-order valence-corrected chi connectivity index (χ1v) is 8.28. The number of anilines is 2. The first-order valence-electron chi connectivity index (χ1n) is 7.47. The van der Waals surface area contributed by atoms with Gasteiger partial charge >= 0.3 is 0 Å². The topological polar surface area (TPSA) is 84.0 Å². The Morgan fingerprint density at radius 2 is 1.96 bits per heavy atom. The van der Waals surface area contributed by atoms with Crippen LogP contribution in [0.15, 0.2) is 42.6 Å². The number of pyridine rings is 1. The molecule has 0 radical (unpaired) electrons. The predicted octanol–water partition coefficient (Wildman–Crippen LogP) is 3.54. The van der Waals surface area contributed by atoms with Gasteiger partial charge in [-0.25, -0.2) is 4.98 Å². The highest BCUT2D eigenvalue weighted by molar-refractivity contribution is 7.22. The van der Waals surface area contributed by atoms with Crippen LogP contribution >= 0.6 is 11.3 Å². The van der Waals surface area contributed by atoms with Crippen molar-refractivity contribution in [2.75, 3.05) is 10.6 Å². The van der Waals surface area contributed by atoms with Crippen LogP contribution in [0.1, 0.15) is 24.3 Å². The summed E-state index contributed by atoms with van der Waals surface area (Å²) in [6.07, 6.45) is 1.57. The van der Waals surface area contributed by atoms with Crippen molar-refractivity contribution in [1.29, 1.82) is 0 Å². The molecule has 0 aliphatic carbocycles. The van der Waals surface area contributed by atoms with Gasteiger partial charge < -0.3 is 10.6 Å². The molecule has 3 rings (SSSR count). The van der Waals surface area contributed by atoms with E-state index in [0.29, 0.717) is 16.5 Å². The molecule has 0 aliphatic rings. The standard InChI is InChI=1S/C17H16N4O2S/c1-10(2)15(22)21-17-20-13-9-11(6-7-14(13)24-17)19-16(23)12-5-3-4-8-18-12/h3-10H,1-2H3,(H,19,23)(H,20,21,22). The molecule has 2 aromatic heterocycles. The molecule has 0 bridgehead atoms. The van der Waals surface area contributed by atoms with E-state index in [0.717, 1.165) is 10.2 Å². The van der Waals surface area contributed by atoms with Crippen molar-refractivity contribution in [3.05, 3.63) is 48.3 Å². The fourth-order valence-electron chi connectivity index (χ4n) is 2.00. The summed E-state index contributed by atoms with van der Waals surface area (Å²) in [4.78, 5) is 32.3. The minimum atomic E-state index is -0.279. The lowest BCUT2D eigenvalue weighted by atomic mass is 10.2. The molecule has 0 atom stereocenters. The lowest BCUT2D eigenvalue weighted by molar-refractivity contribution is -0.118. The molecule has 2 N–H and O–H groups in total. The van der Waals surface area contributed by atoms with Gasteiger partial charge in [-0.15, -0.1) is 0 Å². The zero-order chi connectivity index (χ0) is 17.1. The summed E-state index contributed by atoms with van der Waals surface area (Å²) >= 11 is 1.40. The summed E-state index contributed by atoms with van der Waals surface area (Å²) < 4.78 is 0.935. The number of carbonyl (C=O) groups excluding carboxylic acids is 2. The number of carbonyl (C=O) groups is 2. The third-order valence-electron chi connectivity index (χ3n) is 3.30. The average Bonchev–Trinajstić information content (AvgIpc) is 2.97. The van der Waals surface area contributed by atoms with Crippen LogP contribution in [0, 0.1) is 5.92 Å². The van der Waals surface area contributed by atoms with Crippen LogP contribution in [-0.2, 0) is 4.79 Å². The van der Waals surface area contributed by atoms with Crippen molar-refractivity contribution < 1.29 is 9.59 Å². The Kier molecular flexibility index (Phi) is 4.52. The number of nitrogens with zero attached hydrogens (tertiary/aromatic N) is 2. The Bertz CT molecular complexity index is 890. The number of aromatic nitrogens is 2. The molecule has 122 valence electrons. The van der Waals surface area contributed by atoms with Gasteiger partial charge in [-0.3, -0.25) is 14.6 Å². The molecule has 7 heteroatoms. The molecule has 6 nitrogen and oxygen atoms in total. The molecular formula is C17H16N4O2S. The second kappa shape index (κ2) is 6.76. The molecule has 0 saturated heterocycles. The number of nitrogens with one attached hydrogen (secondary N) is 2. The van der Waals surface area contributed by atoms with Crippen LogP contribution < -0.4 is 10.6 Å². The quantitative estimate of drug-likeness (QED) is 0.761. The monoisotopic (exact) mass is 340 g/mol. The molecular weight excluding hydrogens is 324 g/mol. The fourth-order valence-corrected chi connectivity index (χ4v) is 2.85. The van der Waals surface area contributed by atoms with Crippen molar-refractivity contribution in [2.24, 2.45) is 5.92 Å². The first-order chi connectivity index (χ1) is 11.5. The van der Waals surface area contributed by atoms with Crippen LogP contribution in [0.4, 0.5) is 10.8 Å². The number of thiazole rings is 1. The molecule has 0 fully saturated rings. The van der Waals surface area contributed by atoms with Crippen molar-refractivity contribution >= 4 is 44.2 Å². The molecule has 0 spiro atoms. The molecule has 3 aromatic rings. The van der Waals surface area contributed by atoms with Crippen molar-refractivity contribution in [1.82, 2.24) is 9.97 Å². The normalized spacial score (nSPS) is 10.8. The van der Waals surface area contributed by atoms with Gasteiger partial charge in [0.2, 0.25) is 5.91 Å². The van der Waals surface area contributed by atoms with Gasteiger partial charge in [0.15, 0.2) is 5.13 Å². The van der Waals surface area contributed by atoms with Crippen LogP contribution in [-0.4, -0.2) is 21.8 Å². The van der Waals surface area contributed by atoms with E-state index >= 15 is 0 Å². The summed E-state index contributed by atoms with van der Waals surface area (Å²) in [6.45, 7) is 3.65. The smallest absolute Gasteiger partial charge is 0.274 e. The minimum Gasteiger partial charge on any atom is -0.321 e. The summed E-state index contributed by atoms with van der Waals surface area (Å²) in [5, 5.41) is 6.14. The number of rotatable bonds is 4. The van der Waals surface area contributed by atoms with E-state index in [1.54, 1.807) is 36.5 Å². The lowest BCUT2D eigenvalue weighted by Gasteiger charge is -2.04. The third kappa shape index (κ3) is 3.57. The van der Waals surface area contributed by atoms with Gasteiger partial charge in [0.05, 0.1) is 10.2 Å². The number of benzene rings is 1. The number of fused-ring (bicyclic) bond motifs is 1. The van der Waals surface area contributed by atoms with E-state index in [2.05, 4.69) is 20.6 Å². The van der Waals surface area contributed by atoms with E-state index in [4.69, 9.17) is 0 Å². The first kappa shape index (κ1) is 16.1. The summed E-state index contributed by atoms with van der Waals surface area (Å²) in [5.41, 5.74) is 1.70. The SMILES string of the molecule is CC(C)C(=O)Nc1nc2cc(NC(=O)c3ccccn3)ccc2s1. The second-order valence-corrected chi connectivity index (χ2v) is 6.55. The summed E-state index contributed by atoms with van der Waals surface area (Å²) in [5.74, 6) is -0.457. The van der Waals surface area contributed by atoms with E-state index in [9.17, 15) is 9.59 Å².